The number of aromatic nitrogens is 3. The van der Waals surface area contributed by atoms with Gasteiger partial charge in [0.15, 0.2) is 0 Å². The van der Waals surface area contributed by atoms with E-state index in [9.17, 15) is 5.11 Å². The molecule has 0 fully saturated rings. The van der Waals surface area contributed by atoms with Gasteiger partial charge in [-0.25, -0.2) is 4.98 Å². The van der Waals surface area contributed by atoms with Gasteiger partial charge in [0, 0.05) is 26.5 Å². The average molecular weight is 379 g/mol. The first-order valence-corrected chi connectivity index (χ1v) is 7.42. The van der Waals surface area contributed by atoms with Crippen LogP contribution >= 0.6 is 33.9 Å². The van der Waals surface area contributed by atoms with Crippen LogP contribution in [-0.4, -0.2) is 33.6 Å². The summed E-state index contributed by atoms with van der Waals surface area (Å²) < 4.78 is 7.88. The standard InChI is InChI=1S/C11H14IN3O2S/c1-17-6-2-5-15-8(3-4-14-15)10(16)11-13-7-9(12)18-11/h3-4,7,10,16H,2,5-6H2,1H3. The number of rotatable bonds is 6. The highest BCUT2D eigenvalue weighted by Crippen LogP contribution is 2.26. The molecule has 1 N–H and O–H groups in total. The van der Waals surface area contributed by atoms with Crippen molar-refractivity contribution in [3.8, 4) is 0 Å². The quantitative estimate of drug-likeness (QED) is 0.617. The number of aliphatic hydroxyl groups is 1. The number of hydrogen-bond donors (Lipinski definition) is 1. The summed E-state index contributed by atoms with van der Waals surface area (Å²) in [6.07, 6.45) is 3.62. The molecule has 2 heterocycles. The molecule has 0 saturated heterocycles. The third kappa shape index (κ3) is 3.28. The van der Waals surface area contributed by atoms with Crippen molar-refractivity contribution in [1.29, 1.82) is 0 Å². The first kappa shape index (κ1) is 13.9. The molecule has 0 radical (unpaired) electrons. The van der Waals surface area contributed by atoms with Crippen molar-refractivity contribution in [1.82, 2.24) is 14.8 Å². The first-order chi connectivity index (χ1) is 8.72. The van der Waals surface area contributed by atoms with Gasteiger partial charge in [0.25, 0.3) is 0 Å². The minimum Gasteiger partial charge on any atom is -0.385 e. The van der Waals surface area contributed by atoms with Gasteiger partial charge in [0.05, 0.1) is 14.8 Å². The third-order valence-electron chi connectivity index (χ3n) is 2.48. The van der Waals surface area contributed by atoms with Gasteiger partial charge in [-0.2, -0.15) is 5.10 Å². The van der Waals surface area contributed by atoms with Crippen LogP contribution in [0.5, 0.6) is 0 Å². The predicted octanol–water partition coefficient (Wildman–Crippen LogP) is 2.06. The summed E-state index contributed by atoms with van der Waals surface area (Å²) in [4.78, 5) is 4.20. The van der Waals surface area contributed by atoms with E-state index in [1.54, 1.807) is 24.2 Å². The molecular weight excluding hydrogens is 365 g/mol. The van der Waals surface area contributed by atoms with Crippen molar-refractivity contribution in [3.05, 3.63) is 32.0 Å². The molecule has 5 nitrogen and oxygen atoms in total. The largest absolute Gasteiger partial charge is 0.385 e. The number of methoxy groups -OCH3 is 1. The van der Waals surface area contributed by atoms with Crippen LogP contribution in [0, 0.1) is 2.88 Å². The van der Waals surface area contributed by atoms with E-state index < -0.39 is 6.10 Å². The van der Waals surface area contributed by atoms with Gasteiger partial charge >= 0.3 is 0 Å². The second-order valence-corrected chi connectivity index (χ2v) is 6.69. The summed E-state index contributed by atoms with van der Waals surface area (Å²) in [5.41, 5.74) is 0.775. The summed E-state index contributed by atoms with van der Waals surface area (Å²) >= 11 is 3.69. The van der Waals surface area contributed by atoms with Gasteiger partial charge in [-0.3, -0.25) is 4.68 Å². The fourth-order valence-electron chi connectivity index (χ4n) is 1.64. The molecule has 0 amide bonds. The van der Waals surface area contributed by atoms with E-state index in [1.807, 2.05) is 6.07 Å². The first-order valence-electron chi connectivity index (χ1n) is 5.52. The molecule has 0 aliphatic carbocycles. The van der Waals surface area contributed by atoms with E-state index in [0.717, 1.165) is 21.5 Å². The maximum absolute atomic E-state index is 10.3. The summed E-state index contributed by atoms with van der Waals surface area (Å²) in [5, 5.41) is 15.2. The highest BCUT2D eigenvalue weighted by Gasteiger charge is 2.18. The van der Waals surface area contributed by atoms with Crippen LogP contribution in [0.2, 0.25) is 0 Å². The molecule has 7 heteroatoms. The molecular formula is C11H14IN3O2S. The van der Waals surface area contributed by atoms with Gasteiger partial charge in [-0.1, -0.05) is 0 Å². The van der Waals surface area contributed by atoms with Gasteiger partial charge < -0.3 is 9.84 Å². The Kier molecular flexibility index (Phi) is 5.10. The number of halogens is 1. The maximum atomic E-state index is 10.3. The Morgan fingerprint density at radius 1 is 1.61 bits per heavy atom. The molecule has 0 aromatic carbocycles. The monoisotopic (exact) mass is 379 g/mol. The van der Waals surface area contributed by atoms with Crippen LogP contribution in [0.25, 0.3) is 0 Å². The van der Waals surface area contributed by atoms with Gasteiger partial charge in [-0.15, -0.1) is 11.3 Å². The van der Waals surface area contributed by atoms with E-state index in [4.69, 9.17) is 4.74 Å². The lowest BCUT2D eigenvalue weighted by Crippen LogP contribution is -2.11. The second kappa shape index (κ2) is 6.60. The van der Waals surface area contributed by atoms with Crippen LogP contribution in [0.15, 0.2) is 18.5 Å². The SMILES string of the molecule is COCCCn1nccc1C(O)c1ncc(I)s1. The minimum absolute atomic E-state index is 0.685. The molecule has 2 rings (SSSR count). The highest BCUT2D eigenvalue weighted by molar-refractivity contribution is 14.1. The number of aliphatic hydroxyl groups excluding tert-OH is 1. The van der Waals surface area contributed by atoms with Crippen molar-refractivity contribution in [2.45, 2.75) is 19.1 Å². The molecule has 2 aromatic heterocycles. The Morgan fingerprint density at radius 3 is 3.11 bits per heavy atom. The molecule has 0 saturated carbocycles. The molecule has 0 aliphatic heterocycles. The maximum Gasteiger partial charge on any atom is 0.147 e. The number of ether oxygens (including phenoxy) is 1. The van der Waals surface area contributed by atoms with Gasteiger partial charge in [0.2, 0.25) is 0 Å². The summed E-state index contributed by atoms with van der Waals surface area (Å²) in [6, 6.07) is 1.83. The predicted molar refractivity (Wildman–Crippen MR) is 77.6 cm³/mol. The zero-order valence-electron chi connectivity index (χ0n) is 9.91. The van der Waals surface area contributed by atoms with Crippen molar-refractivity contribution >= 4 is 33.9 Å². The lowest BCUT2D eigenvalue weighted by Gasteiger charge is -2.11. The Hall–Kier alpha value is -0.510. The molecule has 0 aliphatic rings. The summed E-state index contributed by atoms with van der Waals surface area (Å²) in [6.45, 7) is 1.42. The van der Waals surface area contributed by atoms with Crippen LogP contribution in [-0.2, 0) is 11.3 Å². The van der Waals surface area contributed by atoms with E-state index in [2.05, 4.69) is 32.7 Å². The fraction of sp³-hybridized carbons (Fsp3) is 0.455. The Bertz CT molecular complexity index is 500. The van der Waals surface area contributed by atoms with Crippen molar-refractivity contribution < 1.29 is 9.84 Å². The van der Waals surface area contributed by atoms with Crippen LogP contribution < -0.4 is 0 Å². The van der Waals surface area contributed by atoms with Crippen molar-refractivity contribution in [2.75, 3.05) is 13.7 Å². The molecule has 18 heavy (non-hydrogen) atoms. The Labute approximate surface area is 123 Å². The van der Waals surface area contributed by atoms with Crippen LogP contribution in [0.4, 0.5) is 0 Å². The molecule has 0 bridgehead atoms. The Morgan fingerprint density at radius 2 is 2.44 bits per heavy atom. The normalized spacial score (nSPS) is 12.8. The lowest BCUT2D eigenvalue weighted by atomic mass is 10.2. The van der Waals surface area contributed by atoms with E-state index in [1.165, 1.54) is 11.3 Å². The summed E-state index contributed by atoms with van der Waals surface area (Å²) in [5.74, 6) is 0. The van der Waals surface area contributed by atoms with E-state index in [0.29, 0.717) is 11.6 Å². The highest BCUT2D eigenvalue weighted by atomic mass is 127. The number of nitrogens with zero attached hydrogens (tertiary/aromatic N) is 3. The molecule has 98 valence electrons. The van der Waals surface area contributed by atoms with Gasteiger partial charge in [-0.05, 0) is 35.1 Å². The molecule has 1 unspecified atom stereocenters. The van der Waals surface area contributed by atoms with E-state index in [-0.39, 0.29) is 0 Å². The molecule has 0 spiro atoms. The smallest absolute Gasteiger partial charge is 0.147 e. The lowest BCUT2D eigenvalue weighted by molar-refractivity contribution is 0.182. The van der Waals surface area contributed by atoms with Crippen molar-refractivity contribution in [3.63, 3.8) is 0 Å². The number of hydrogen-bond acceptors (Lipinski definition) is 5. The van der Waals surface area contributed by atoms with Crippen LogP contribution in [0.1, 0.15) is 23.2 Å². The molecule has 2 aromatic rings. The minimum atomic E-state index is -0.705. The zero-order chi connectivity index (χ0) is 13.0. The summed E-state index contributed by atoms with van der Waals surface area (Å²) in [7, 11) is 1.68. The van der Waals surface area contributed by atoms with Crippen LogP contribution in [0.3, 0.4) is 0 Å². The Balaban J connectivity index is 2.10. The fourth-order valence-corrected chi connectivity index (χ4v) is 3.10. The zero-order valence-corrected chi connectivity index (χ0v) is 12.9. The average Bonchev–Trinajstić information content (AvgIpc) is 2.97. The van der Waals surface area contributed by atoms with Gasteiger partial charge in [0.1, 0.15) is 11.1 Å². The van der Waals surface area contributed by atoms with E-state index >= 15 is 0 Å². The number of aryl methyl sites for hydroxylation is 1. The molecule has 1 atom stereocenters. The second-order valence-electron chi connectivity index (χ2n) is 3.73. The number of thiazole rings is 1. The topological polar surface area (TPSA) is 60.2 Å². The van der Waals surface area contributed by atoms with Crippen molar-refractivity contribution in [2.24, 2.45) is 0 Å². The third-order valence-corrected chi connectivity index (χ3v) is 4.25.